The zero-order valence-electron chi connectivity index (χ0n) is 17.6. The Morgan fingerprint density at radius 2 is 1.68 bits per heavy atom. The van der Waals surface area contributed by atoms with Gasteiger partial charge in [0.1, 0.15) is 0 Å². The van der Waals surface area contributed by atoms with E-state index in [0.717, 1.165) is 11.1 Å². The number of benzene rings is 2. The lowest BCUT2D eigenvalue weighted by molar-refractivity contribution is -0.123. The van der Waals surface area contributed by atoms with E-state index in [1.165, 1.54) is 13.2 Å². The van der Waals surface area contributed by atoms with Crippen LogP contribution in [0.15, 0.2) is 60.9 Å². The minimum atomic E-state index is -0.394. The summed E-state index contributed by atoms with van der Waals surface area (Å²) in [5.41, 5.74) is 2.18. The van der Waals surface area contributed by atoms with Crippen LogP contribution < -0.4 is 20.1 Å². The molecule has 0 unspecified atom stereocenters. The molecule has 3 rings (SSSR count). The molecule has 0 saturated carbocycles. The number of hydrogen-bond acceptors (Lipinski definition) is 6. The lowest BCUT2D eigenvalue weighted by atomic mass is 10.1. The van der Waals surface area contributed by atoms with Gasteiger partial charge in [-0.3, -0.25) is 14.9 Å². The van der Waals surface area contributed by atoms with Crippen LogP contribution in [0.5, 0.6) is 11.5 Å². The Morgan fingerprint density at radius 3 is 2.32 bits per heavy atom. The maximum absolute atomic E-state index is 12.6. The molecule has 8 nitrogen and oxygen atoms in total. The third-order valence-corrected chi connectivity index (χ3v) is 4.22. The number of amides is 2. The fraction of sp³-hybridized carbons (Fsp3) is 0.217. The second kappa shape index (κ2) is 10.2. The maximum Gasteiger partial charge on any atom is 0.258 e. The molecule has 31 heavy (non-hydrogen) atoms. The van der Waals surface area contributed by atoms with Crippen LogP contribution in [-0.2, 0) is 4.79 Å². The van der Waals surface area contributed by atoms with Crippen LogP contribution in [0, 0.1) is 0 Å². The number of nitrogens with one attached hydrogen (secondary N) is 2. The van der Waals surface area contributed by atoms with Crippen LogP contribution in [0.3, 0.4) is 0 Å². The van der Waals surface area contributed by atoms with Gasteiger partial charge in [-0.25, -0.2) is 9.97 Å². The van der Waals surface area contributed by atoms with Crippen molar-refractivity contribution in [3.8, 4) is 22.6 Å². The highest BCUT2D eigenvalue weighted by atomic mass is 16.5. The molecule has 0 aliphatic rings. The van der Waals surface area contributed by atoms with Crippen LogP contribution >= 0.6 is 0 Å². The normalized spacial score (nSPS) is 10.5. The van der Waals surface area contributed by atoms with E-state index < -0.39 is 5.91 Å². The van der Waals surface area contributed by atoms with E-state index in [4.69, 9.17) is 9.47 Å². The second-order valence-electron chi connectivity index (χ2n) is 6.99. The molecule has 0 atom stereocenters. The zero-order valence-corrected chi connectivity index (χ0v) is 17.6. The fourth-order valence-electron chi connectivity index (χ4n) is 2.78. The molecule has 0 aliphatic heterocycles. The first-order valence-electron chi connectivity index (χ1n) is 9.75. The molecule has 2 N–H and O–H groups in total. The smallest absolute Gasteiger partial charge is 0.258 e. The van der Waals surface area contributed by atoms with Crippen molar-refractivity contribution in [3.05, 3.63) is 66.5 Å². The molecule has 2 amide bonds. The summed E-state index contributed by atoms with van der Waals surface area (Å²) < 4.78 is 10.8. The average Bonchev–Trinajstić information content (AvgIpc) is 2.78. The van der Waals surface area contributed by atoms with Crippen molar-refractivity contribution in [1.82, 2.24) is 15.3 Å². The van der Waals surface area contributed by atoms with Crippen LogP contribution in [-0.4, -0.2) is 41.5 Å². The van der Waals surface area contributed by atoms with Gasteiger partial charge < -0.3 is 14.8 Å². The fourth-order valence-corrected chi connectivity index (χ4v) is 2.78. The number of carbonyl (C=O) groups excluding carboxylic acids is 2. The SMILES string of the molecule is COc1cc(C(=O)Nc2ncc(-c3ccccc3)cn2)ccc1OCC(=O)NC(C)C. The number of carbonyl (C=O) groups is 2. The predicted molar refractivity (Wildman–Crippen MR) is 117 cm³/mol. The molecule has 1 aromatic heterocycles. The summed E-state index contributed by atoms with van der Waals surface area (Å²) in [5.74, 6) is 0.255. The van der Waals surface area contributed by atoms with Gasteiger partial charge in [0.2, 0.25) is 5.95 Å². The van der Waals surface area contributed by atoms with Gasteiger partial charge in [-0.2, -0.15) is 0 Å². The summed E-state index contributed by atoms with van der Waals surface area (Å²) in [7, 11) is 1.46. The summed E-state index contributed by atoms with van der Waals surface area (Å²) in [6, 6.07) is 14.4. The van der Waals surface area contributed by atoms with E-state index >= 15 is 0 Å². The van der Waals surface area contributed by atoms with E-state index in [1.807, 2.05) is 44.2 Å². The number of anilines is 1. The summed E-state index contributed by atoms with van der Waals surface area (Å²) >= 11 is 0. The number of methoxy groups -OCH3 is 1. The van der Waals surface area contributed by atoms with Crippen molar-refractivity contribution in [2.75, 3.05) is 19.0 Å². The van der Waals surface area contributed by atoms with Crippen molar-refractivity contribution >= 4 is 17.8 Å². The number of nitrogens with zero attached hydrogens (tertiary/aromatic N) is 2. The second-order valence-corrected chi connectivity index (χ2v) is 6.99. The molecule has 0 saturated heterocycles. The highest BCUT2D eigenvalue weighted by molar-refractivity contribution is 6.03. The predicted octanol–water partition coefficient (Wildman–Crippen LogP) is 3.31. The molecule has 1 heterocycles. The average molecular weight is 420 g/mol. The Bertz CT molecular complexity index is 1040. The van der Waals surface area contributed by atoms with Crippen LogP contribution in [0.2, 0.25) is 0 Å². The lowest BCUT2D eigenvalue weighted by Crippen LogP contribution is -2.34. The largest absolute Gasteiger partial charge is 0.493 e. The molecule has 2 aromatic carbocycles. The molecule has 3 aromatic rings. The van der Waals surface area contributed by atoms with Crippen molar-refractivity contribution < 1.29 is 19.1 Å². The molecule has 160 valence electrons. The van der Waals surface area contributed by atoms with Crippen LogP contribution in [0.1, 0.15) is 24.2 Å². The maximum atomic E-state index is 12.6. The van der Waals surface area contributed by atoms with Crippen molar-refractivity contribution in [1.29, 1.82) is 0 Å². The van der Waals surface area contributed by atoms with Crippen molar-refractivity contribution in [2.24, 2.45) is 0 Å². The zero-order chi connectivity index (χ0) is 22.2. The highest BCUT2D eigenvalue weighted by Gasteiger charge is 2.14. The Balaban J connectivity index is 1.65. The number of aromatic nitrogens is 2. The van der Waals surface area contributed by atoms with E-state index in [1.54, 1.807) is 24.5 Å². The van der Waals surface area contributed by atoms with Crippen LogP contribution in [0.4, 0.5) is 5.95 Å². The summed E-state index contributed by atoms with van der Waals surface area (Å²) in [6.45, 7) is 3.58. The van der Waals surface area contributed by atoms with Gasteiger partial charge in [0.25, 0.3) is 11.8 Å². The van der Waals surface area contributed by atoms with Gasteiger partial charge in [0.05, 0.1) is 7.11 Å². The summed E-state index contributed by atoms with van der Waals surface area (Å²) in [5, 5.41) is 5.40. The standard InChI is InChI=1S/C23H24N4O4/c1-15(2)26-21(28)14-31-19-10-9-17(11-20(19)30-3)22(29)27-23-24-12-18(13-25-23)16-7-5-4-6-8-16/h4-13,15H,14H2,1-3H3,(H,26,28)(H,24,25,27,29). The van der Waals surface area contributed by atoms with Gasteiger partial charge in [-0.15, -0.1) is 0 Å². The first-order valence-corrected chi connectivity index (χ1v) is 9.75. The molecule has 0 bridgehead atoms. The topological polar surface area (TPSA) is 102 Å². The van der Waals surface area contributed by atoms with E-state index in [9.17, 15) is 9.59 Å². The first kappa shape index (κ1) is 21.8. The third-order valence-electron chi connectivity index (χ3n) is 4.22. The Morgan fingerprint density at radius 1 is 0.968 bits per heavy atom. The Kier molecular flexibility index (Phi) is 7.16. The van der Waals surface area contributed by atoms with Gasteiger partial charge in [-0.1, -0.05) is 30.3 Å². The number of rotatable bonds is 8. The monoisotopic (exact) mass is 420 g/mol. The molecule has 8 heteroatoms. The molecule has 0 spiro atoms. The van der Waals surface area contributed by atoms with Crippen LogP contribution in [0.25, 0.3) is 11.1 Å². The third kappa shape index (κ3) is 6.02. The van der Waals surface area contributed by atoms with Gasteiger partial charge >= 0.3 is 0 Å². The quantitative estimate of drug-likeness (QED) is 0.580. The molecule has 0 aliphatic carbocycles. The minimum absolute atomic E-state index is 0.0213. The summed E-state index contributed by atoms with van der Waals surface area (Å²) in [4.78, 5) is 32.8. The molecule has 0 fully saturated rings. The molecular formula is C23H24N4O4. The Labute approximate surface area is 180 Å². The number of hydrogen-bond donors (Lipinski definition) is 2. The Hall–Kier alpha value is -3.94. The van der Waals surface area contributed by atoms with Crippen molar-refractivity contribution in [3.63, 3.8) is 0 Å². The summed E-state index contributed by atoms with van der Waals surface area (Å²) in [6.07, 6.45) is 3.30. The van der Waals surface area contributed by atoms with Crippen molar-refractivity contribution in [2.45, 2.75) is 19.9 Å². The molecule has 0 radical (unpaired) electrons. The van der Waals surface area contributed by atoms with Gasteiger partial charge in [-0.05, 0) is 37.6 Å². The van der Waals surface area contributed by atoms with Gasteiger partial charge in [0.15, 0.2) is 18.1 Å². The molecular weight excluding hydrogens is 396 g/mol. The lowest BCUT2D eigenvalue weighted by Gasteiger charge is -2.13. The van der Waals surface area contributed by atoms with E-state index in [2.05, 4.69) is 20.6 Å². The minimum Gasteiger partial charge on any atom is -0.493 e. The van der Waals surface area contributed by atoms with E-state index in [0.29, 0.717) is 17.1 Å². The first-order chi connectivity index (χ1) is 15.0. The highest BCUT2D eigenvalue weighted by Crippen LogP contribution is 2.28. The van der Waals surface area contributed by atoms with Gasteiger partial charge in [0, 0.05) is 29.6 Å². The van der Waals surface area contributed by atoms with E-state index in [-0.39, 0.29) is 24.5 Å². The number of ether oxygens (including phenoxy) is 2.